The molecular weight excluding hydrogens is 317 g/mol. The number of aliphatic hydroxyl groups excluding tert-OH is 1. The number of aliphatic hydroxyl groups is 1. The quantitative estimate of drug-likeness (QED) is 0.573. The van der Waals surface area contributed by atoms with Gasteiger partial charge in [0.05, 0.1) is 18.5 Å². The first-order valence-corrected chi connectivity index (χ1v) is 8.02. The summed E-state index contributed by atoms with van der Waals surface area (Å²) in [5.74, 6) is 0.0463. The van der Waals surface area contributed by atoms with Crippen LogP contribution in [0.15, 0.2) is 48.3 Å². The van der Waals surface area contributed by atoms with Crippen LogP contribution in [0.5, 0.6) is 0 Å². The molecule has 7 heteroatoms. The SMILES string of the molecule is C=CCNC(=O)Cn1c(CO)cnc1SCc1cccc(F)c1. The number of imidazole rings is 1. The first-order valence-electron chi connectivity index (χ1n) is 7.04. The van der Waals surface area contributed by atoms with Crippen LogP contribution in [0, 0.1) is 5.82 Å². The lowest BCUT2D eigenvalue weighted by molar-refractivity contribution is -0.121. The van der Waals surface area contributed by atoms with E-state index in [2.05, 4.69) is 16.9 Å². The van der Waals surface area contributed by atoms with Crippen LogP contribution >= 0.6 is 11.8 Å². The molecule has 2 rings (SSSR count). The first kappa shape index (κ1) is 17.2. The van der Waals surface area contributed by atoms with Crippen molar-refractivity contribution in [2.24, 2.45) is 0 Å². The van der Waals surface area contributed by atoms with E-state index in [-0.39, 0.29) is 24.9 Å². The Morgan fingerprint density at radius 2 is 2.35 bits per heavy atom. The highest BCUT2D eigenvalue weighted by atomic mass is 32.2. The number of carbonyl (C=O) groups is 1. The lowest BCUT2D eigenvalue weighted by Crippen LogP contribution is -2.28. The van der Waals surface area contributed by atoms with Crippen molar-refractivity contribution in [1.29, 1.82) is 0 Å². The van der Waals surface area contributed by atoms with E-state index in [1.807, 2.05) is 6.07 Å². The minimum atomic E-state index is -0.286. The number of hydrogen-bond donors (Lipinski definition) is 2. The summed E-state index contributed by atoms with van der Waals surface area (Å²) in [6, 6.07) is 6.33. The molecule has 0 spiro atoms. The molecule has 0 radical (unpaired) electrons. The molecule has 1 amide bonds. The van der Waals surface area contributed by atoms with E-state index in [4.69, 9.17) is 0 Å². The Bertz CT molecular complexity index is 688. The van der Waals surface area contributed by atoms with Gasteiger partial charge in [-0.1, -0.05) is 30.0 Å². The Hall–Kier alpha value is -2.12. The van der Waals surface area contributed by atoms with Crippen LogP contribution < -0.4 is 5.32 Å². The van der Waals surface area contributed by atoms with Gasteiger partial charge >= 0.3 is 0 Å². The Labute approximate surface area is 138 Å². The van der Waals surface area contributed by atoms with Crippen LogP contribution in [0.4, 0.5) is 4.39 Å². The highest BCUT2D eigenvalue weighted by Crippen LogP contribution is 2.23. The maximum Gasteiger partial charge on any atom is 0.240 e. The second-order valence-corrected chi connectivity index (χ2v) is 5.73. The molecule has 5 nitrogen and oxygen atoms in total. The summed E-state index contributed by atoms with van der Waals surface area (Å²) >= 11 is 1.38. The van der Waals surface area contributed by atoms with E-state index in [1.165, 1.54) is 30.1 Å². The zero-order chi connectivity index (χ0) is 16.7. The van der Waals surface area contributed by atoms with E-state index < -0.39 is 0 Å². The number of nitrogens with zero attached hydrogens (tertiary/aromatic N) is 2. The van der Waals surface area contributed by atoms with Crippen molar-refractivity contribution in [3.8, 4) is 0 Å². The van der Waals surface area contributed by atoms with Gasteiger partial charge in [-0.05, 0) is 17.7 Å². The summed E-state index contributed by atoms with van der Waals surface area (Å²) in [6.07, 6.45) is 3.13. The standard InChI is InChI=1S/C16H18FN3O2S/c1-2-6-18-15(22)9-20-14(10-21)8-19-16(20)23-11-12-4-3-5-13(17)7-12/h2-5,7-8,21H,1,6,9-11H2,(H,18,22). The minimum absolute atomic E-state index is 0.0647. The van der Waals surface area contributed by atoms with Gasteiger partial charge in [-0.3, -0.25) is 4.79 Å². The molecule has 0 unspecified atom stereocenters. The number of nitrogens with one attached hydrogen (secondary N) is 1. The molecule has 1 aromatic heterocycles. The number of benzene rings is 1. The molecular formula is C16H18FN3O2S. The zero-order valence-electron chi connectivity index (χ0n) is 12.5. The monoisotopic (exact) mass is 335 g/mol. The third-order valence-corrected chi connectivity index (χ3v) is 4.13. The van der Waals surface area contributed by atoms with Crippen LogP contribution in [0.2, 0.25) is 0 Å². The van der Waals surface area contributed by atoms with E-state index in [0.29, 0.717) is 23.1 Å². The summed E-state index contributed by atoms with van der Waals surface area (Å²) < 4.78 is 14.9. The topological polar surface area (TPSA) is 67.2 Å². The van der Waals surface area contributed by atoms with Gasteiger partial charge in [0, 0.05) is 12.3 Å². The third kappa shape index (κ3) is 4.94. The van der Waals surface area contributed by atoms with Crippen LogP contribution in [0.25, 0.3) is 0 Å². The number of hydrogen-bond acceptors (Lipinski definition) is 4. The normalized spacial score (nSPS) is 10.5. The van der Waals surface area contributed by atoms with Gasteiger partial charge in [0.1, 0.15) is 12.4 Å². The molecule has 0 atom stereocenters. The van der Waals surface area contributed by atoms with Crippen LogP contribution in [0.3, 0.4) is 0 Å². The molecule has 0 fully saturated rings. The Kier molecular flexibility index (Phi) is 6.37. The fourth-order valence-electron chi connectivity index (χ4n) is 1.96. The molecule has 1 heterocycles. The van der Waals surface area contributed by atoms with Gasteiger partial charge in [-0.15, -0.1) is 6.58 Å². The number of thioether (sulfide) groups is 1. The maximum absolute atomic E-state index is 13.2. The number of halogens is 1. The smallest absolute Gasteiger partial charge is 0.240 e. The maximum atomic E-state index is 13.2. The summed E-state index contributed by atoms with van der Waals surface area (Å²) in [4.78, 5) is 16.1. The number of carbonyl (C=O) groups excluding carboxylic acids is 1. The molecule has 0 aliphatic carbocycles. The average molecular weight is 335 g/mol. The molecule has 0 saturated carbocycles. The van der Waals surface area contributed by atoms with Crippen molar-refractivity contribution in [2.75, 3.05) is 6.54 Å². The summed E-state index contributed by atoms with van der Waals surface area (Å²) in [5.41, 5.74) is 1.38. The van der Waals surface area contributed by atoms with Crippen molar-refractivity contribution < 1.29 is 14.3 Å². The van der Waals surface area contributed by atoms with Gasteiger partial charge in [-0.2, -0.15) is 0 Å². The number of rotatable bonds is 8. The van der Waals surface area contributed by atoms with Crippen LogP contribution in [-0.2, 0) is 23.7 Å². The second-order valence-electron chi connectivity index (χ2n) is 4.79. The second kappa shape index (κ2) is 8.50. The Morgan fingerprint density at radius 1 is 1.52 bits per heavy atom. The predicted octanol–water partition coefficient (Wildman–Crippen LogP) is 2.11. The van der Waals surface area contributed by atoms with Crippen molar-refractivity contribution >= 4 is 17.7 Å². The van der Waals surface area contributed by atoms with Gasteiger partial charge < -0.3 is 15.0 Å². The molecule has 2 aromatic rings. The Balaban J connectivity index is 2.07. The lowest BCUT2D eigenvalue weighted by Gasteiger charge is -2.10. The summed E-state index contributed by atoms with van der Waals surface area (Å²) in [7, 11) is 0. The fourth-order valence-corrected chi connectivity index (χ4v) is 2.90. The molecule has 0 bridgehead atoms. The van der Waals surface area contributed by atoms with E-state index in [0.717, 1.165) is 5.56 Å². The molecule has 2 N–H and O–H groups in total. The van der Waals surface area contributed by atoms with Gasteiger partial charge in [-0.25, -0.2) is 9.37 Å². The highest BCUT2D eigenvalue weighted by molar-refractivity contribution is 7.98. The molecule has 0 aliphatic rings. The largest absolute Gasteiger partial charge is 0.390 e. The minimum Gasteiger partial charge on any atom is -0.390 e. The zero-order valence-corrected chi connectivity index (χ0v) is 13.4. The van der Waals surface area contributed by atoms with Crippen molar-refractivity contribution in [3.63, 3.8) is 0 Å². The molecule has 1 aromatic carbocycles. The molecule has 0 saturated heterocycles. The van der Waals surface area contributed by atoms with E-state index in [9.17, 15) is 14.3 Å². The molecule has 0 aliphatic heterocycles. The highest BCUT2D eigenvalue weighted by Gasteiger charge is 2.13. The van der Waals surface area contributed by atoms with Crippen molar-refractivity contribution in [2.45, 2.75) is 24.1 Å². The van der Waals surface area contributed by atoms with Gasteiger partial charge in [0.25, 0.3) is 0 Å². The Morgan fingerprint density at radius 3 is 3.04 bits per heavy atom. The van der Waals surface area contributed by atoms with Gasteiger partial charge in [0.15, 0.2) is 5.16 Å². The average Bonchev–Trinajstić information content (AvgIpc) is 2.93. The third-order valence-electron chi connectivity index (χ3n) is 3.07. The van der Waals surface area contributed by atoms with Crippen molar-refractivity contribution in [3.05, 3.63) is 60.2 Å². The number of aromatic nitrogens is 2. The molecule has 23 heavy (non-hydrogen) atoms. The lowest BCUT2D eigenvalue weighted by atomic mass is 10.2. The van der Waals surface area contributed by atoms with Crippen LogP contribution in [-0.4, -0.2) is 27.1 Å². The fraction of sp³-hybridized carbons (Fsp3) is 0.250. The van der Waals surface area contributed by atoms with E-state index in [1.54, 1.807) is 16.7 Å². The molecule has 122 valence electrons. The van der Waals surface area contributed by atoms with Gasteiger partial charge in [0.2, 0.25) is 5.91 Å². The number of amides is 1. The summed E-state index contributed by atoms with van der Waals surface area (Å²) in [6.45, 7) is 3.78. The first-order chi connectivity index (χ1) is 11.1. The van der Waals surface area contributed by atoms with E-state index >= 15 is 0 Å². The van der Waals surface area contributed by atoms with Crippen LogP contribution in [0.1, 0.15) is 11.3 Å². The summed E-state index contributed by atoms with van der Waals surface area (Å²) in [5, 5.41) is 12.7. The predicted molar refractivity (Wildman–Crippen MR) is 87.3 cm³/mol. The van der Waals surface area contributed by atoms with Crippen molar-refractivity contribution in [1.82, 2.24) is 14.9 Å².